The zero-order valence-corrected chi connectivity index (χ0v) is 28.5. The van der Waals surface area contributed by atoms with Crippen LogP contribution in [0.5, 0.6) is 11.5 Å². The number of halogens is 1. The molecule has 0 aromatic heterocycles. The van der Waals surface area contributed by atoms with Gasteiger partial charge in [-0.2, -0.15) is 0 Å². The van der Waals surface area contributed by atoms with Gasteiger partial charge < -0.3 is 19.7 Å². The Morgan fingerprint density at radius 3 is 2.13 bits per heavy atom. The molecule has 4 aromatic rings. The molecule has 4 rings (SSSR count). The SMILES string of the molecule is CC[C@@H](C)NC(=O)[C@@H](Cc1ccccc1)N(Cc1ccccc1Cl)C(=O)CN(c1ccccc1OC)S(=O)(=O)c1ccc(OC)cc1. The number of rotatable bonds is 15. The lowest BCUT2D eigenvalue weighted by atomic mass is 10.0. The van der Waals surface area contributed by atoms with Crippen LogP contribution >= 0.6 is 11.6 Å². The topological polar surface area (TPSA) is 105 Å². The Bertz CT molecular complexity index is 1750. The highest BCUT2D eigenvalue weighted by Crippen LogP contribution is 2.33. The third kappa shape index (κ3) is 8.84. The number of ether oxygens (including phenoxy) is 2. The Kier molecular flexibility index (Phi) is 12.3. The molecule has 0 aliphatic carbocycles. The van der Waals surface area contributed by atoms with Crippen molar-refractivity contribution in [1.29, 1.82) is 0 Å². The number of hydrogen-bond acceptors (Lipinski definition) is 6. The summed E-state index contributed by atoms with van der Waals surface area (Å²) in [6.45, 7) is 3.19. The summed E-state index contributed by atoms with van der Waals surface area (Å²) in [5.41, 5.74) is 1.61. The molecule has 4 aromatic carbocycles. The fourth-order valence-electron chi connectivity index (χ4n) is 5.03. The number of nitrogens with zero attached hydrogens (tertiary/aromatic N) is 2. The highest BCUT2D eigenvalue weighted by Gasteiger charge is 2.36. The lowest BCUT2D eigenvalue weighted by Crippen LogP contribution is -2.54. The molecule has 0 spiro atoms. The first kappa shape index (κ1) is 35.3. The summed E-state index contributed by atoms with van der Waals surface area (Å²) < 4.78 is 40.4. The second-order valence-electron chi connectivity index (χ2n) is 11.0. The number of carbonyl (C=O) groups excluding carboxylic acids is 2. The lowest BCUT2D eigenvalue weighted by Gasteiger charge is -2.34. The Labute approximate surface area is 282 Å². The number of hydrogen-bond donors (Lipinski definition) is 1. The van der Waals surface area contributed by atoms with Crippen LogP contribution in [-0.2, 0) is 32.6 Å². The minimum atomic E-state index is -4.33. The van der Waals surface area contributed by atoms with Gasteiger partial charge in [-0.25, -0.2) is 8.42 Å². The summed E-state index contributed by atoms with van der Waals surface area (Å²) in [5.74, 6) is -0.227. The monoisotopic (exact) mass is 677 g/mol. The quantitative estimate of drug-likeness (QED) is 0.163. The Hall–Kier alpha value is -4.54. The molecular weight excluding hydrogens is 638 g/mol. The first-order valence-electron chi connectivity index (χ1n) is 15.3. The largest absolute Gasteiger partial charge is 0.497 e. The van der Waals surface area contributed by atoms with Gasteiger partial charge in [-0.3, -0.25) is 13.9 Å². The Morgan fingerprint density at radius 2 is 1.49 bits per heavy atom. The molecule has 0 unspecified atom stereocenters. The van der Waals surface area contributed by atoms with Crippen molar-refractivity contribution in [3.8, 4) is 11.5 Å². The molecule has 0 aliphatic heterocycles. The fourth-order valence-corrected chi connectivity index (χ4v) is 6.65. The van der Waals surface area contributed by atoms with E-state index < -0.39 is 28.5 Å². The van der Waals surface area contributed by atoms with E-state index in [2.05, 4.69) is 5.32 Å². The van der Waals surface area contributed by atoms with Gasteiger partial charge in [0, 0.05) is 24.0 Å². The van der Waals surface area contributed by atoms with Crippen LogP contribution in [0.1, 0.15) is 31.4 Å². The summed E-state index contributed by atoms with van der Waals surface area (Å²) >= 11 is 6.57. The van der Waals surface area contributed by atoms with E-state index in [0.29, 0.717) is 22.8 Å². The third-order valence-corrected chi connectivity index (χ3v) is 9.99. The van der Waals surface area contributed by atoms with Gasteiger partial charge >= 0.3 is 0 Å². The molecule has 9 nitrogen and oxygen atoms in total. The van der Waals surface area contributed by atoms with Gasteiger partial charge in [0.15, 0.2) is 0 Å². The van der Waals surface area contributed by atoms with E-state index in [-0.39, 0.29) is 41.2 Å². The van der Waals surface area contributed by atoms with Crippen molar-refractivity contribution in [3.05, 3.63) is 119 Å². The van der Waals surface area contributed by atoms with Gasteiger partial charge in [-0.05, 0) is 66.9 Å². The van der Waals surface area contributed by atoms with Crippen molar-refractivity contribution in [1.82, 2.24) is 10.2 Å². The van der Waals surface area contributed by atoms with Crippen molar-refractivity contribution < 1.29 is 27.5 Å². The second-order valence-corrected chi connectivity index (χ2v) is 13.3. The number of amides is 2. The van der Waals surface area contributed by atoms with Crippen LogP contribution in [-0.4, -0.2) is 58.0 Å². The Balaban J connectivity index is 1.84. The molecule has 11 heteroatoms. The van der Waals surface area contributed by atoms with E-state index >= 15 is 0 Å². The van der Waals surface area contributed by atoms with Crippen molar-refractivity contribution in [3.63, 3.8) is 0 Å². The number of sulfonamides is 1. The second kappa shape index (κ2) is 16.3. The molecule has 0 radical (unpaired) electrons. The van der Waals surface area contributed by atoms with E-state index in [0.717, 1.165) is 9.87 Å². The molecular formula is C36H40ClN3O6S. The molecule has 0 fully saturated rings. The van der Waals surface area contributed by atoms with E-state index in [1.54, 1.807) is 48.5 Å². The van der Waals surface area contributed by atoms with Crippen LogP contribution in [0.4, 0.5) is 5.69 Å². The minimum absolute atomic E-state index is 0.0354. The number of methoxy groups -OCH3 is 2. The predicted octanol–water partition coefficient (Wildman–Crippen LogP) is 6.11. The normalized spacial score (nSPS) is 12.4. The first-order chi connectivity index (χ1) is 22.6. The number of nitrogens with one attached hydrogen (secondary N) is 1. The average Bonchev–Trinajstić information content (AvgIpc) is 3.09. The van der Waals surface area contributed by atoms with Gasteiger partial charge in [0.1, 0.15) is 24.1 Å². The molecule has 2 amide bonds. The van der Waals surface area contributed by atoms with E-state index in [1.807, 2.05) is 44.2 Å². The summed E-state index contributed by atoms with van der Waals surface area (Å²) in [6, 6.07) is 27.8. The van der Waals surface area contributed by atoms with Crippen LogP contribution in [0.25, 0.3) is 0 Å². The summed E-state index contributed by atoms with van der Waals surface area (Å²) in [7, 11) is -1.41. The molecule has 0 bridgehead atoms. The van der Waals surface area contributed by atoms with Crippen LogP contribution in [0.2, 0.25) is 5.02 Å². The van der Waals surface area contributed by atoms with Crippen LogP contribution in [0.15, 0.2) is 108 Å². The Morgan fingerprint density at radius 1 is 0.851 bits per heavy atom. The van der Waals surface area contributed by atoms with E-state index in [1.165, 1.54) is 43.4 Å². The molecule has 0 heterocycles. The van der Waals surface area contributed by atoms with Gasteiger partial charge in [0.25, 0.3) is 10.0 Å². The standard InChI is InChI=1S/C36H40ClN3O6S/c1-5-26(2)38-36(42)33(23-27-13-7-6-8-14-27)39(24-28-15-9-10-16-31(28)37)35(41)25-40(32-17-11-12-18-34(32)46-4)47(43,44)30-21-19-29(45-3)20-22-30/h6-22,26,33H,5,23-25H2,1-4H3,(H,38,42)/t26-,33-/m1/s1. The van der Waals surface area contributed by atoms with Crippen LogP contribution in [0.3, 0.4) is 0 Å². The van der Waals surface area contributed by atoms with Gasteiger partial charge in [-0.15, -0.1) is 0 Å². The smallest absolute Gasteiger partial charge is 0.264 e. The third-order valence-electron chi connectivity index (χ3n) is 7.85. The molecule has 47 heavy (non-hydrogen) atoms. The van der Waals surface area contributed by atoms with Crippen LogP contribution < -0.4 is 19.1 Å². The van der Waals surface area contributed by atoms with Crippen LogP contribution in [0, 0.1) is 0 Å². The van der Waals surface area contributed by atoms with E-state index in [4.69, 9.17) is 21.1 Å². The van der Waals surface area contributed by atoms with Crippen molar-refractivity contribution in [2.45, 2.75) is 50.2 Å². The molecule has 0 saturated heterocycles. The summed E-state index contributed by atoms with van der Waals surface area (Å²) in [4.78, 5) is 30.0. The predicted molar refractivity (Wildman–Crippen MR) is 184 cm³/mol. The molecule has 248 valence electrons. The highest BCUT2D eigenvalue weighted by atomic mass is 35.5. The maximum Gasteiger partial charge on any atom is 0.264 e. The van der Waals surface area contributed by atoms with Crippen molar-refractivity contribution in [2.24, 2.45) is 0 Å². The number of anilines is 1. The van der Waals surface area contributed by atoms with Gasteiger partial charge in [0.2, 0.25) is 11.8 Å². The maximum absolute atomic E-state index is 14.6. The zero-order valence-electron chi connectivity index (χ0n) is 26.9. The number of benzene rings is 4. The minimum Gasteiger partial charge on any atom is -0.497 e. The highest BCUT2D eigenvalue weighted by molar-refractivity contribution is 7.92. The first-order valence-corrected chi connectivity index (χ1v) is 17.1. The number of carbonyl (C=O) groups is 2. The molecule has 1 N–H and O–H groups in total. The fraction of sp³-hybridized carbons (Fsp3) is 0.278. The van der Waals surface area contributed by atoms with Gasteiger partial charge in [-0.1, -0.05) is 79.2 Å². The molecule has 2 atom stereocenters. The van der Waals surface area contributed by atoms with Gasteiger partial charge in [0.05, 0.1) is 24.8 Å². The molecule has 0 saturated carbocycles. The van der Waals surface area contributed by atoms with E-state index in [9.17, 15) is 18.0 Å². The maximum atomic E-state index is 14.6. The summed E-state index contributed by atoms with van der Waals surface area (Å²) in [6.07, 6.45) is 0.878. The average molecular weight is 678 g/mol. The molecule has 0 aliphatic rings. The zero-order chi connectivity index (χ0) is 34.0. The van der Waals surface area contributed by atoms with Crippen molar-refractivity contribution in [2.75, 3.05) is 25.1 Å². The summed E-state index contributed by atoms with van der Waals surface area (Å²) in [5, 5.41) is 3.44. The lowest BCUT2D eigenvalue weighted by molar-refractivity contribution is -0.140. The number of para-hydroxylation sites is 2. The van der Waals surface area contributed by atoms with Crippen molar-refractivity contribution >= 4 is 39.1 Å².